The van der Waals surface area contributed by atoms with Crippen molar-refractivity contribution in [1.29, 1.82) is 0 Å². The van der Waals surface area contributed by atoms with Crippen molar-refractivity contribution in [3.05, 3.63) is 29.8 Å². The second-order valence-corrected chi connectivity index (χ2v) is 8.77. The second kappa shape index (κ2) is 7.58. The zero-order chi connectivity index (χ0) is 20.4. The number of hydrogen-bond acceptors (Lipinski definition) is 5. The molecule has 1 aromatic carbocycles. The molecule has 2 rings (SSSR count). The first-order valence-corrected chi connectivity index (χ1v) is 8.93. The third-order valence-corrected chi connectivity index (χ3v) is 4.13. The molecule has 1 aromatic rings. The van der Waals surface area contributed by atoms with E-state index in [4.69, 9.17) is 9.57 Å². The summed E-state index contributed by atoms with van der Waals surface area (Å²) in [4.78, 5) is 28.9. The third-order valence-electron chi connectivity index (χ3n) is 4.13. The predicted octanol–water partition coefficient (Wildman–Crippen LogP) is 4.27. The van der Waals surface area contributed by atoms with Crippen LogP contribution in [0.15, 0.2) is 29.4 Å². The van der Waals surface area contributed by atoms with Crippen molar-refractivity contribution in [1.82, 2.24) is 0 Å². The summed E-state index contributed by atoms with van der Waals surface area (Å²) in [6, 6.07) is 7.11. The molecule has 0 spiro atoms. The summed E-state index contributed by atoms with van der Waals surface area (Å²) >= 11 is 0. The third kappa shape index (κ3) is 5.70. The van der Waals surface area contributed by atoms with Crippen molar-refractivity contribution in [2.24, 2.45) is 16.5 Å². The van der Waals surface area contributed by atoms with E-state index in [2.05, 4.69) is 10.5 Å². The van der Waals surface area contributed by atoms with Crippen LogP contribution in [0.1, 0.15) is 53.5 Å². The molecule has 0 saturated heterocycles. The Bertz CT molecular complexity index is 726. The van der Waals surface area contributed by atoms with Gasteiger partial charge >= 0.3 is 12.1 Å². The van der Waals surface area contributed by atoms with E-state index in [1.165, 1.54) is 0 Å². The lowest BCUT2D eigenvalue weighted by atomic mass is 9.76. The zero-order valence-electron chi connectivity index (χ0n) is 16.7. The van der Waals surface area contributed by atoms with Gasteiger partial charge in [-0.25, -0.2) is 4.79 Å². The largest absolute Gasteiger partial charge is 0.481 e. The molecular weight excluding hydrogens is 348 g/mol. The van der Waals surface area contributed by atoms with Gasteiger partial charge in [-0.05, 0) is 43.9 Å². The quantitative estimate of drug-likeness (QED) is 0.818. The normalized spacial score (nSPS) is 18.3. The smallest absolute Gasteiger partial charge is 0.412 e. The number of nitrogens with zero attached hydrogens (tertiary/aromatic N) is 1. The van der Waals surface area contributed by atoms with Gasteiger partial charge in [0.15, 0.2) is 0 Å². The number of aliphatic carboxylic acids is 1. The highest BCUT2D eigenvalue weighted by molar-refractivity contribution is 6.02. The minimum Gasteiger partial charge on any atom is -0.481 e. The first kappa shape index (κ1) is 20.7. The number of hydrogen-bond donors (Lipinski definition) is 2. The second-order valence-electron chi connectivity index (χ2n) is 8.77. The number of nitrogens with one attached hydrogen (secondary N) is 1. The first-order chi connectivity index (χ1) is 12.4. The maximum absolute atomic E-state index is 11.8. The number of rotatable bonds is 4. The maximum Gasteiger partial charge on any atom is 0.412 e. The molecule has 2 unspecified atom stereocenters. The molecule has 0 fully saturated rings. The minimum atomic E-state index is -0.888. The van der Waals surface area contributed by atoms with Crippen LogP contribution in [-0.2, 0) is 14.4 Å². The highest BCUT2D eigenvalue weighted by atomic mass is 16.6. The number of oxime groups is 1. The average Bonchev–Trinajstić information content (AvgIpc) is 2.93. The molecular formula is C20H28N2O5. The van der Waals surface area contributed by atoms with E-state index in [1.54, 1.807) is 32.9 Å². The highest BCUT2D eigenvalue weighted by Crippen LogP contribution is 2.35. The van der Waals surface area contributed by atoms with E-state index in [0.29, 0.717) is 17.8 Å². The van der Waals surface area contributed by atoms with Crippen LogP contribution in [-0.4, -0.2) is 34.6 Å². The Balaban J connectivity index is 2.02. The molecule has 7 heteroatoms. The number of anilines is 1. The Kier molecular flexibility index (Phi) is 5.82. The van der Waals surface area contributed by atoms with Crippen LogP contribution in [0.2, 0.25) is 0 Å². The van der Waals surface area contributed by atoms with Crippen molar-refractivity contribution < 1.29 is 24.3 Å². The van der Waals surface area contributed by atoms with Crippen molar-refractivity contribution >= 4 is 23.5 Å². The van der Waals surface area contributed by atoms with E-state index in [9.17, 15) is 14.7 Å². The van der Waals surface area contributed by atoms with E-state index in [0.717, 1.165) is 5.56 Å². The molecule has 1 aliphatic heterocycles. The molecule has 0 aromatic heterocycles. The number of carbonyl (C=O) groups is 2. The molecule has 0 aliphatic carbocycles. The Morgan fingerprint density at radius 3 is 2.26 bits per heavy atom. The molecule has 148 valence electrons. The summed E-state index contributed by atoms with van der Waals surface area (Å²) in [7, 11) is 0. The Labute approximate surface area is 159 Å². The topological polar surface area (TPSA) is 97.2 Å². The fourth-order valence-corrected chi connectivity index (χ4v) is 3.00. The summed E-state index contributed by atoms with van der Waals surface area (Å²) < 4.78 is 5.22. The van der Waals surface area contributed by atoms with Gasteiger partial charge in [0.2, 0.25) is 0 Å². The van der Waals surface area contributed by atoms with Crippen LogP contribution < -0.4 is 5.32 Å². The minimum absolute atomic E-state index is 0.424. The van der Waals surface area contributed by atoms with E-state index < -0.39 is 35.1 Å². The monoisotopic (exact) mass is 376 g/mol. The van der Waals surface area contributed by atoms with Gasteiger partial charge < -0.3 is 14.7 Å². The van der Waals surface area contributed by atoms with Crippen LogP contribution in [0, 0.1) is 11.3 Å². The number of ether oxygens (including phenoxy) is 1. The van der Waals surface area contributed by atoms with Gasteiger partial charge in [-0.2, -0.15) is 0 Å². The number of benzene rings is 1. The summed E-state index contributed by atoms with van der Waals surface area (Å²) in [6.07, 6.45) is -0.601. The van der Waals surface area contributed by atoms with E-state index >= 15 is 0 Å². The molecule has 0 saturated carbocycles. The summed E-state index contributed by atoms with van der Waals surface area (Å²) in [5.41, 5.74) is 1.11. The number of carboxylic acid groups (broad SMARTS) is 1. The first-order valence-electron chi connectivity index (χ1n) is 8.93. The summed E-state index contributed by atoms with van der Waals surface area (Å²) in [5.74, 6) is -1.55. The zero-order valence-corrected chi connectivity index (χ0v) is 16.7. The molecule has 1 heterocycles. The van der Waals surface area contributed by atoms with Gasteiger partial charge in [0.1, 0.15) is 17.6 Å². The molecule has 27 heavy (non-hydrogen) atoms. The molecule has 1 aliphatic rings. The van der Waals surface area contributed by atoms with Gasteiger partial charge in [0.05, 0.1) is 5.71 Å². The Morgan fingerprint density at radius 1 is 1.19 bits per heavy atom. The van der Waals surface area contributed by atoms with Gasteiger partial charge in [-0.3, -0.25) is 10.1 Å². The van der Waals surface area contributed by atoms with Gasteiger partial charge in [0, 0.05) is 12.1 Å². The van der Waals surface area contributed by atoms with Crippen LogP contribution in [0.5, 0.6) is 0 Å². The van der Waals surface area contributed by atoms with Crippen molar-refractivity contribution in [2.75, 3.05) is 5.32 Å². The lowest BCUT2D eigenvalue weighted by Crippen LogP contribution is -2.38. The van der Waals surface area contributed by atoms with Crippen molar-refractivity contribution in [3.63, 3.8) is 0 Å². The highest BCUT2D eigenvalue weighted by Gasteiger charge is 2.42. The van der Waals surface area contributed by atoms with Gasteiger partial charge in [0.25, 0.3) is 0 Å². The van der Waals surface area contributed by atoms with Gasteiger partial charge in [-0.15, -0.1) is 0 Å². The standard InChI is InChI=1S/C20H28N2O5/c1-19(2,3)16(17(23)24)15-11-14(22-27-15)12-7-9-13(10-8-12)21-18(25)26-20(4,5)6/h7-10,15-16H,11H2,1-6H3,(H,21,25)(H,23,24). The molecule has 2 N–H and O–H groups in total. The number of amides is 1. The average molecular weight is 376 g/mol. The molecule has 0 radical (unpaired) electrons. The number of carboxylic acids is 1. The van der Waals surface area contributed by atoms with Crippen LogP contribution in [0.25, 0.3) is 0 Å². The van der Waals surface area contributed by atoms with Crippen molar-refractivity contribution in [2.45, 2.75) is 59.7 Å². The molecule has 2 atom stereocenters. The van der Waals surface area contributed by atoms with E-state index in [1.807, 2.05) is 32.9 Å². The summed E-state index contributed by atoms with van der Waals surface area (Å²) in [5, 5.41) is 16.3. The lowest BCUT2D eigenvalue weighted by molar-refractivity contribution is -0.152. The van der Waals surface area contributed by atoms with Crippen LogP contribution in [0.4, 0.5) is 10.5 Å². The maximum atomic E-state index is 11.8. The predicted molar refractivity (Wildman–Crippen MR) is 103 cm³/mol. The number of carbonyl (C=O) groups excluding carboxylic acids is 1. The fourth-order valence-electron chi connectivity index (χ4n) is 3.00. The Hall–Kier alpha value is -2.57. The Morgan fingerprint density at radius 2 is 1.78 bits per heavy atom. The fraction of sp³-hybridized carbons (Fsp3) is 0.550. The van der Waals surface area contributed by atoms with Crippen molar-refractivity contribution in [3.8, 4) is 0 Å². The molecule has 1 amide bonds. The van der Waals surface area contributed by atoms with Crippen LogP contribution in [0.3, 0.4) is 0 Å². The molecule has 0 bridgehead atoms. The summed E-state index contributed by atoms with van der Waals surface area (Å²) in [6.45, 7) is 11.0. The van der Waals surface area contributed by atoms with E-state index in [-0.39, 0.29) is 0 Å². The SMILES string of the molecule is CC(C)(C)OC(=O)Nc1ccc(C2=NOC(C(C(=O)O)C(C)(C)C)C2)cc1. The lowest BCUT2D eigenvalue weighted by Gasteiger charge is -2.30. The van der Waals surface area contributed by atoms with Crippen LogP contribution >= 0.6 is 0 Å². The molecule has 7 nitrogen and oxygen atoms in total. The van der Waals surface area contributed by atoms with Gasteiger partial charge in [-0.1, -0.05) is 38.1 Å².